The van der Waals surface area contributed by atoms with Crippen molar-refractivity contribution in [3.05, 3.63) is 73.1 Å². The second-order valence-corrected chi connectivity index (χ2v) is 7.81. The normalized spacial score (nSPS) is 11.6. The third kappa shape index (κ3) is 4.99. The fourth-order valence-electron chi connectivity index (χ4n) is 2.78. The summed E-state index contributed by atoms with van der Waals surface area (Å²) in [5.41, 5.74) is -3.70. The van der Waals surface area contributed by atoms with E-state index in [0.717, 1.165) is 12.1 Å². The van der Waals surface area contributed by atoms with E-state index in [9.17, 15) is 26.4 Å². The number of alkyl halides is 3. The monoisotopic (exact) mass is 466 g/mol. The molecule has 3 rings (SSSR count). The molecule has 3 aromatic rings. The van der Waals surface area contributed by atoms with Crippen LogP contribution in [0.5, 0.6) is 5.75 Å². The van der Waals surface area contributed by atoms with Crippen LogP contribution in [0.1, 0.15) is 6.92 Å². The number of carbonyl (C=O) groups excluding carboxylic acids is 1. The molecule has 0 unspecified atom stereocenters. The summed E-state index contributed by atoms with van der Waals surface area (Å²) in [5.74, 6) is -0.507. The molecular weight excluding hydrogens is 449 g/mol. The van der Waals surface area contributed by atoms with Crippen LogP contribution in [-0.4, -0.2) is 31.6 Å². The molecule has 0 aliphatic rings. The number of amides is 1. The van der Waals surface area contributed by atoms with Gasteiger partial charge in [0.15, 0.2) is 0 Å². The number of pyridine rings is 1. The molecular formula is C21H17F3N2O5S. The van der Waals surface area contributed by atoms with Gasteiger partial charge in [-0.15, -0.1) is 0 Å². The van der Waals surface area contributed by atoms with Gasteiger partial charge in [-0.05, 0) is 42.8 Å². The lowest BCUT2D eigenvalue weighted by molar-refractivity contribution is -0.0500. The Labute approximate surface area is 182 Å². The third-order valence-electron chi connectivity index (χ3n) is 4.16. The van der Waals surface area contributed by atoms with Crippen LogP contribution in [-0.2, 0) is 14.9 Å². The summed E-state index contributed by atoms with van der Waals surface area (Å²) < 4.78 is 69.3. The summed E-state index contributed by atoms with van der Waals surface area (Å²) in [6.07, 6.45) is 2.27. The van der Waals surface area contributed by atoms with E-state index in [1.165, 1.54) is 29.4 Å². The van der Waals surface area contributed by atoms with Crippen LogP contribution in [0.25, 0.3) is 11.1 Å². The van der Waals surface area contributed by atoms with E-state index in [-0.39, 0.29) is 6.61 Å². The Bertz CT molecular complexity index is 1180. The minimum atomic E-state index is -5.78. The number of rotatable bonds is 6. The number of halogens is 3. The van der Waals surface area contributed by atoms with Gasteiger partial charge in [-0.1, -0.05) is 30.3 Å². The second kappa shape index (κ2) is 9.27. The van der Waals surface area contributed by atoms with Crippen LogP contribution in [0.2, 0.25) is 0 Å². The number of hydrogen-bond acceptors (Lipinski definition) is 6. The van der Waals surface area contributed by atoms with Gasteiger partial charge in [0.25, 0.3) is 0 Å². The molecule has 0 fully saturated rings. The molecule has 0 spiro atoms. The van der Waals surface area contributed by atoms with Crippen LogP contribution in [0.4, 0.5) is 29.3 Å². The van der Waals surface area contributed by atoms with E-state index >= 15 is 0 Å². The molecule has 1 amide bonds. The quantitative estimate of drug-likeness (QED) is 0.363. The summed E-state index contributed by atoms with van der Waals surface area (Å²) in [4.78, 5) is 18.1. The minimum absolute atomic E-state index is 0.136. The van der Waals surface area contributed by atoms with E-state index < -0.39 is 27.5 Å². The predicted octanol–water partition coefficient (Wildman–Crippen LogP) is 5.27. The smallest absolute Gasteiger partial charge is 0.449 e. The Morgan fingerprint density at radius 2 is 1.69 bits per heavy atom. The van der Waals surface area contributed by atoms with Crippen molar-refractivity contribution in [2.24, 2.45) is 0 Å². The first-order valence-electron chi connectivity index (χ1n) is 9.21. The number of para-hydroxylation sites is 1. The van der Waals surface area contributed by atoms with Gasteiger partial charge in [0.2, 0.25) is 0 Å². The van der Waals surface area contributed by atoms with Crippen molar-refractivity contribution in [3.8, 4) is 16.9 Å². The number of anilines is 2. The van der Waals surface area contributed by atoms with Crippen LogP contribution < -0.4 is 9.08 Å². The standard InChI is InChI=1S/C21H17F3N2O5S/c1-2-30-20(27)26(16-6-4-3-5-7-16)19-14-25-13-12-18(19)15-8-10-17(11-9-15)31-32(28,29)21(22,23)24/h3-14H,2H2,1H3. The number of nitrogens with zero attached hydrogens (tertiary/aromatic N) is 2. The second-order valence-electron chi connectivity index (χ2n) is 6.27. The maximum atomic E-state index is 12.7. The fraction of sp³-hybridized carbons (Fsp3) is 0.143. The molecule has 1 heterocycles. The zero-order valence-corrected chi connectivity index (χ0v) is 17.4. The first kappa shape index (κ1) is 23.1. The highest BCUT2D eigenvalue weighted by Crippen LogP contribution is 2.36. The van der Waals surface area contributed by atoms with Crippen molar-refractivity contribution in [3.63, 3.8) is 0 Å². The van der Waals surface area contributed by atoms with Crippen molar-refractivity contribution in [1.29, 1.82) is 0 Å². The van der Waals surface area contributed by atoms with Crippen LogP contribution in [0, 0.1) is 0 Å². The average molecular weight is 466 g/mol. The van der Waals surface area contributed by atoms with Crippen LogP contribution in [0.15, 0.2) is 73.1 Å². The lowest BCUT2D eigenvalue weighted by Gasteiger charge is -2.24. The summed E-state index contributed by atoms with van der Waals surface area (Å²) >= 11 is 0. The molecule has 0 radical (unpaired) electrons. The number of carbonyl (C=O) groups is 1. The van der Waals surface area contributed by atoms with Crippen LogP contribution in [0.3, 0.4) is 0 Å². The maximum absolute atomic E-state index is 12.7. The Morgan fingerprint density at radius 1 is 1.03 bits per heavy atom. The zero-order valence-electron chi connectivity index (χ0n) is 16.6. The molecule has 0 aliphatic carbocycles. The van der Waals surface area contributed by atoms with E-state index in [0.29, 0.717) is 22.5 Å². The minimum Gasteiger partial charge on any atom is -0.449 e. The summed E-state index contributed by atoms with van der Waals surface area (Å²) in [6, 6.07) is 15.2. The number of hydrogen-bond donors (Lipinski definition) is 0. The van der Waals surface area contributed by atoms with Gasteiger partial charge in [-0.3, -0.25) is 4.98 Å². The summed E-state index contributed by atoms with van der Waals surface area (Å²) in [7, 11) is -5.78. The SMILES string of the molecule is CCOC(=O)N(c1ccccc1)c1cnccc1-c1ccc(OS(=O)(=O)C(F)(F)F)cc1. The topological polar surface area (TPSA) is 85.8 Å². The zero-order chi connectivity index (χ0) is 23.4. The van der Waals surface area contributed by atoms with E-state index in [1.54, 1.807) is 43.3 Å². The van der Waals surface area contributed by atoms with Crippen molar-refractivity contribution >= 4 is 27.6 Å². The molecule has 0 aliphatic heterocycles. The van der Waals surface area contributed by atoms with Gasteiger partial charge in [-0.25, -0.2) is 9.69 Å². The Hall–Kier alpha value is -3.60. The van der Waals surface area contributed by atoms with E-state index in [4.69, 9.17) is 4.74 Å². The van der Waals surface area contributed by atoms with Crippen molar-refractivity contribution in [1.82, 2.24) is 4.98 Å². The molecule has 0 saturated carbocycles. The number of benzene rings is 2. The molecule has 168 valence electrons. The molecule has 1 aromatic heterocycles. The molecule has 0 saturated heterocycles. The fourth-order valence-corrected chi connectivity index (χ4v) is 3.24. The molecule has 0 atom stereocenters. The van der Waals surface area contributed by atoms with Gasteiger partial charge < -0.3 is 8.92 Å². The summed E-state index contributed by atoms with van der Waals surface area (Å²) in [6.45, 7) is 1.80. The number of aromatic nitrogens is 1. The summed E-state index contributed by atoms with van der Waals surface area (Å²) in [5, 5.41) is 0. The van der Waals surface area contributed by atoms with Gasteiger partial charge >= 0.3 is 21.7 Å². The maximum Gasteiger partial charge on any atom is 0.534 e. The van der Waals surface area contributed by atoms with E-state index in [2.05, 4.69) is 9.17 Å². The van der Waals surface area contributed by atoms with E-state index in [1.807, 2.05) is 0 Å². The first-order chi connectivity index (χ1) is 15.1. The van der Waals surface area contributed by atoms with Crippen molar-refractivity contribution in [2.75, 3.05) is 11.5 Å². The largest absolute Gasteiger partial charge is 0.534 e. The Morgan fingerprint density at radius 3 is 2.28 bits per heavy atom. The van der Waals surface area contributed by atoms with Gasteiger partial charge in [-0.2, -0.15) is 21.6 Å². The Balaban J connectivity index is 2.01. The van der Waals surface area contributed by atoms with Crippen molar-refractivity contribution in [2.45, 2.75) is 12.4 Å². The molecule has 32 heavy (non-hydrogen) atoms. The average Bonchev–Trinajstić information content (AvgIpc) is 2.75. The van der Waals surface area contributed by atoms with Gasteiger partial charge in [0, 0.05) is 11.8 Å². The highest BCUT2D eigenvalue weighted by Gasteiger charge is 2.48. The molecule has 11 heteroatoms. The highest BCUT2D eigenvalue weighted by molar-refractivity contribution is 7.88. The van der Waals surface area contributed by atoms with Gasteiger partial charge in [0.05, 0.1) is 24.2 Å². The van der Waals surface area contributed by atoms with Gasteiger partial charge in [0.1, 0.15) is 5.75 Å². The molecule has 2 aromatic carbocycles. The third-order valence-corrected chi connectivity index (χ3v) is 5.14. The molecule has 7 nitrogen and oxygen atoms in total. The molecule has 0 bridgehead atoms. The lowest BCUT2D eigenvalue weighted by Crippen LogP contribution is -2.28. The molecule has 0 N–H and O–H groups in total. The Kier molecular flexibility index (Phi) is 6.68. The highest BCUT2D eigenvalue weighted by atomic mass is 32.2. The van der Waals surface area contributed by atoms with Crippen molar-refractivity contribution < 1.29 is 35.3 Å². The first-order valence-corrected chi connectivity index (χ1v) is 10.6. The predicted molar refractivity (Wildman–Crippen MR) is 111 cm³/mol. The lowest BCUT2D eigenvalue weighted by atomic mass is 10.0. The van der Waals surface area contributed by atoms with Crippen LogP contribution >= 0.6 is 0 Å². The number of ether oxygens (including phenoxy) is 1.